The zero-order valence-electron chi connectivity index (χ0n) is 10.8. The third kappa shape index (κ3) is 2.65. The molecule has 100 valence electrons. The van der Waals surface area contributed by atoms with Crippen LogP contribution in [0.15, 0.2) is 22.7 Å². The van der Waals surface area contributed by atoms with Crippen LogP contribution >= 0.6 is 11.6 Å². The molecule has 19 heavy (non-hydrogen) atoms. The Labute approximate surface area is 117 Å². The number of hydrogen-bond acceptors (Lipinski definition) is 4. The maximum absolute atomic E-state index is 5.96. The average molecular weight is 278 g/mol. The van der Waals surface area contributed by atoms with E-state index in [0.717, 1.165) is 47.9 Å². The highest BCUT2D eigenvalue weighted by Crippen LogP contribution is 2.27. The van der Waals surface area contributed by atoms with E-state index in [1.165, 1.54) is 0 Å². The summed E-state index contributed by atoms with van der Waals surface area (Å²) in [6.45, 7) is 4.00. The maximum Gasteiger partial charge on any atom is 0.258 e. The Kier molecular flexibility index (Phi) is 3.53. The average Bonchev–Trinajstić information content (AvgIpc) is 2.89. The van der Waals surface area contributed by atoms with Crippen LogP contribution in [0, 0.1) is 6.92 Å². The van der Waals surface area contributed by atoms with E-state index in [-0.39, 0.29) is 0 Å². The van der Waals surface area contributed by atoms with E-state index in [1.807, 2.05) is 25.1 Å². The smallest absolute Gasteiger partial charge is 0.258 e. The van der Waals surface area contributed by atoms with Crippen molar-refractivity contribution in [3.63, 3.8) is 0 Å². The lowest BCUT2D eigenvalue weighted by Gasteiger charge is -2.19. The lowest BCUT2D eigenvalue weighted by Crippen LogP contribution is -2.28. The van der Waals surface area contributed by atoms with Gasteiger partial charge in [0.1, 0.15) is 0 Å². The highest BCUT2D eigenvalue weighted by atomic mass is 35.5. The van der Waals surface area contributed by atoms with E-state index in [1.54, 1.807) is 0 Å². The van der Waals surface area contributed by atoms with Crippen molar-refractivity contribution in [1.82, 2.24) is 15.5 Å². The second-order valence-electron chi connectivity index (χ2n) is 4.96. The lowest BCUT2D eigenvalue weighted by atomic mass is 9.99. The van der Waals surface area contributed by atoms with E-state index >= 15 is 0 Å². The van der Waals surface area contributed by atoms with Gasteiger partial charge in [-0.15, -0.1) is 0 Å². The first-order chi connectivity index (χ1) is 9.24. The van der Waals surface area contributed by atoms with E-state index in [4.69, 9.17) is 16.1 Å². The van der Waals surface area contributed by atoms with Gasteiger partial charge in [-0.25, -0.2) is 0 Å². The Balaban J connectivity index is 1.87. The number of aromatic nitrogens is 2. The van der Waals surface area contributed by atoms with Crippen LogP contribution in [0.4, 0.5) is 0 Å². The van der Waals surface area contributed by atoms with Crippen molar-refractivity contribution < 1.29 is 4.52 Å². The minimum absolute atomic E-state index is 0.360. The number of nitrogens with one attached hydrogen (secondary N) is 1. The first-order valence-corrected chi connectivity index (χ1v) is 6.92. The number of hydrogen-bond donors (Lipinski definition) is 1. The molecule has 0 spiro atoms. The molecule has 0 amide bonds. The summed E-state index contributed by atoms with van der Waals surface area (Å²) in [6.07, 6.45) is 2.28. The fraction of sp³-hybridized carbons (Fsp3) is 0.429. The number of halogens is 1. The second kappa shape index (κ2) is 5.31. The molecular formula is C14H16ClN3O. The van der Waals surface area contributed by atoms with E-state index in [2.05, 4.69) is 15.5 Å². The number of aryl methyl sites for hydroxylation is 1. The molecule has 2 heterocycles. The molecule has 1 aliphatic rings. The monoisotopic (exact) mass is 277 g/mol. The second-order valence-corrected chi connectivity index (χ2v) is 5.40. The van der Waals surface area contributed by atoms with Crippen molar-refractivity contribution in [1.29, 1.82) is 0 Å². The molecule has 0 radical (unpaired) electrons. The summed E-state index contributed by atoms with van der Waals surface area (Å²) in [6, 6.07) is 5.67. The zero-order valence-corrected chi connectivity index (χ0v) is 11.6. The van der Waals surface area contributed by atoms with Gasteiger partial charge in [0.25, 0.3) is 5.89 Å². The van der Waals surface area contributed by atoms with E-state index < -0.39 is 0 Å². The van der Waals surface area contributed by atoms with E-state index in [9.17, 15) is 0 Å². The van der Waals surface area contributed by atoms with Gasteiger partial charge in [-0.05, 0) is 50.1 Å². The Morgan fingerprint density at radius 2 is 2.32 bits per heavy atom. The first-order valence-electron chi connectivity index (χ1n) is 6.55. The standard InChI is InChI=1S/C14H16ClN3O/c1-9-7-11(15)4-5-12(9)14-17-13(18-19-14)10-3-2-6-16-8-10/h4-5,7,10,16H,2-3,6,8H2,1H3. The highest BCUT2D eigenvalue weighted by Gasteiger charge is 2.21. The predicted molar refractivity (Wildman–Crippen MR) is 74.3 cm³/mol. The molecule has 4 nitrogen and oxygen atoms in total. The summed E-state index contributed by atoms with van der Waals surface area (Å²) in [5, 5.41) is 8.20. The minimum Gasteiger partial charge on any atom is -0.334 e. The highest BCUT2D eigenvalue weighted by molar-refractivity contribution is 6.30. The molecule has 0 bridgehead atoms. The molecule has 1 N–H and O–H groups in total. The number of benzene rings is 1. The summed E-state index contributed by atoms with van der Waals surface area (Å²) >= 11 is 5.96. The Morgan fingerprint density at radius 1 is 1.42 bits per heavy atom. The van der Waals surface area contributed by atoms with Crippen LogP contribution in [0.5, 0.6) is 0 Å². The SMILES string of the molecule is Cc1cc(Cl)ccc1-c1nc(C2CCCNC2)no1. The summed E-state index contributed by atoms with van der Waals surface area (Å²) in [4.78, 5) is 4.53. The molecule has 1 unspecified atom stereocenters. The Morgan fingerprint density at radius 3 is 3.05 bits per heavy atom. The molecule has 1 aromatic heterocycles. The zero-order chi connectivity index (χ0) is 13.2. The fourth-order valence-corrected chi connectivity index (χ4v) is 2.68. The largest absolute Gasteiger partial charge is 0.334 e. The van der Waals surface area contributed by atoms with Gasteiger partial charge in [-0.1, -0.05) is 16.8 Å². The summed E-state index contributed by atoms with van der Waals surface area (Å²) in [7, 11) is 0. The van der Waals surface area contributed by atoms with Crippen molar-refractivity contribution in [2.24, 2.45) is 0 Å². The minimum atomic E-state index is 0.360. The molecule has 1 aliphatic heterocycles. The number of rotatable bonds is 2. The molecule has 1 aromatic carbocycles. The van der Waals surface area contributed by atoms with Crippen LogP contribution in [0.1, 0.15) is 30.1 Å². The van der Waals surface area contributed by atoms with Crippen LogP contribution < -0.4 is 5.32 Å². The van der Waals surface area contributed by atoms with Gasteiger partial charge in [0.15, 0.2) is 5.82 Å². The third-order valence-electron chi connectivity index (χ3n) is 3.52. The fourth-order valence-electron chi connectivity index (χ4n) is 2.45. The number of piperidine rings is 1. The summed E-state index contributed by atoms with van der Waals surface area (Å²) < 4.78 is 5.39. The van der Waals surface area contributed by atoms with Gasteiger partial charge in [-0.3, -0.25) is 0 Å². The van der Waals surface area contributed by atoms with Gasteiger partial charge in [-0.2, -0.15) is 4.98 Å². The molecular weight excluding hydrogens is 262 g/mol. The predicted octanol–water partition coefficient (Wildman–Crippen LogP) is 3.17. The van der Waals surface area contributed by atoms with Crippen molar-refractivity contribution in [3.8, 4) is 11.5 Å². The first kappa shape index (κ1) is 12.6. The van der Waals surface area contributed by atoms with Crippen LogP contribution in [0.25, 0.3) is 11.5 Å². The van der Waals surface area contributed by atoms with Gasteiger partial charge in [0.05, 0.1) is 0 Å². The third-order valence-corrected chi connectivity index (χ3v) is 3.76. The molecule has 2 aromatic rings. The molecule has 1 fully saturated rings. The summed E-state index contributed by atoms with van der Waals surface area (Å²) in [5.74, 6) is 1.74. The van der Waals surface area contributed by atoms with Gasteiger partial charge in [0.2, 0.25) is 0 Å². The molecule has 3 rings (SSSR count). The Hall–Kier alpha value is -1.39. The molecule has 1 atom stereocenters. The van der Waals surface area contributed by atoms with Crippen molar-refractivity contribution in [2.75, 3.05) is 13.1 Å². The van der Waals surface area contributed by atoms with Crippen molar-refractivity contribution in [2.45, 2.75) is 25.7 Å². The lowest BCUT2D eigenvalue weighted by molar-refractivity contribution is 0.393. The summed E-state index contributed by atoms with van der Waals surface area (Å²) in [5.41, 5.74) is 2.00. The molecule has 5 heteroatoms. The van der Waals surface area contributed by atoms with E-state index in [0.29, 0.717) is 11.8 Å². The topological polar surface area (TPSA) is 51.0 Å². The van der Waals surface area contributed by atoms with Gasteiger partial charge >= 0.3 is 0 Å². The van der Waals surface area contributed by atoms with Crippen LogP contribution in [0.3, 0.4) is 0 Å². The normalized spacial score (nSPS) is 19.6. The molecule has 0 saturated carbocycles. The number of nitrogens with zero attached hydrogens (tertiary/aromatic N) is 2. The van der Waals surface area contributed by atoms with Crippen molar-refractivity contribution in [3.05, 3.63) is 34.6 Å². The molecule has 1 saturated heterocycles. The quantitative estimate of drug-likeness (QED) is 0.916. The maximum atomic E-state index is 5.96. The van der Waals surface area contributed by atoms with Crippen molar-refractivity contribution >= 4 is 11.6 Å². The van der Waals surface area contributed by atoms with Crippen LogP contribution in [-0.4, -0.2) is 23.2 Å². The van der Waals surface area contributed by atoms with Gasteiger partial charge < -0.3 is 9.84 Å². The Bertz CT molecular complexity index is 576. The van der Waals surface area contributed by atoms with Crippen LogP contribution in [0.2, 0.25) is 5.02 Å². The molecule has 0 aliphatic carbocycles. The van der Waals surface area contributed by atoms with Crippen LogP contribution in [-0.2, 0) is 0 Å². The van der Waals surface area contributed by atoms with Gasteiger partial charge in [0, 0.05) is 23.0 Å².